The van der Waals surface area contributed by atoms with Gasteiger partial charge in [0.1, 0.15) is 0 Å². The van der Waals surface area contributed by atoms with E-state index in [1.54, 1.807) is 30.3 Å². The molecule has 2 unspecified atom stereocenters. The van der Waals surface area contributed by atoms with Crippen LogP contribution in [-0.2, 0) is 11.3 Å². The fourth-order valence-electron chi connectivity index (χ4n) is 4.79. The number of aromatic nitrogens is 2. The van der Waals surface area contributed by atoms with Gasteiger partial charge in [0.25, 0.3) is 5.91 Å². The van der Waals surface area contributed by atoms with Crippen LogP contribution >= 0.6 is 11.6 Å². The Bertz CT molecular complexity index is 1440. The van der Waals surface area contributed by atoms with Gasteiger partial charge in [-0.1, -0.05) is 71.4 Å². The second-order valence-electron chi connectivity index (χ2n) is 9.74. The molecule has 3 aromatic carbocycles. The van der Waals surface area contributed by atoms with E-state index >= 15 is 0 Å². The van der Waals surface area contributed by atoms with Crippen LogP contribution in [0.25, 0.3) is 11.4 Å². The number of carbonyl (C=O) groups is 2. The van der Waals surface area contributed by atoms with E-state index in [4.69, 9.17) is 16.1 Å². The topological polar surface area (TPSA) is 100 Å². The third-order valence-corrected chi connectivity index (χ3v) is 7.10. The summed E-state index contributed by atoms with van der Waals surface area (Å²) in [5.41, 5.74) is 2.73. The number of hydrogen-bond acceptors (Lipinski definition) is 6. The number of halogens is 1. The molecule has 4 aromatic rings. The van der Waals surface area contributed by atoms with E-state index in [2.05, 4.69) is 25.7 Å². The number of amides is 2. The fourth-order valence-corrected chi connectivity index (χ4v) is 4.98. The number of hydrogen-bond donors (Lipinski definition) is 2. The molecule has 1 fully saturated rings. The number of benzene rings is 3. The Hall–Kier alpha value is -4.01. The molecule has 200 valence electrons. The highest BCUT2D eigenvalue weighted by Gasteiger charge is 2.28. The van der Waals surface area contributed by atoms with Gasteiger partial charge in [-0.3, -0.25) is 14.5 Å². The number of nitrogens with one attached hydrogen (secondary N) is 2. The third kappa shape index (κ3) is 6.71. The van der Waals surface area contributed by atoms with Crippen molar-refractivity contribution in [3.05, 3.63) is 101 Å². The van der Waals surface area contributed by atoms with E-state index in [9.17, 15) is 9.59 Å². The summed E-state index contributed by atoms with van der Waals surface area (Å²) in [4.78, 5) is 33.0. The minimum Gasteiger partial charge on any atom is -0.345 e. The number of carbonyl (C=O) groups excluding carboxylic acids is 2. The highest BCUT2D eigenvalue weighted by Crippen LogP contribution is 2.24. The molecule has 1 saturated heterocycles. The summed E-state index contributed by atoms with van der Waals surface area (Å²) < 4.78 is 5.47. The van der Waals surface area contributed by atoms with Crippen LogP contribution in [0.5, 0.6) is 0 Å². The lowest BCUT2D eigenvalue weighted by Gasteiger charge is -2.31. The highest BCUT2D eigenvalue weighted by molar-refractivity contribution is 6.30. The van der Waals surface area contributed by atoms with E-state index in [-0.39, 0.29) is 23.8 Å². The summed E-state index contributed by atoms with van der Waals surface area (Å²) in [6.45, 7) is 3.77. The largest absolute Gasteiger partial charge is 0.345 e. The fraction of sp³-hybridized carbons (Fsp3) is 0.267. The van der Waals surface area contributed by atoms with E-state index in [1.165, 1.54) is 0 Å². The Morgan fingerprint density at radius 3 is 2.69 bits per heavy atom. The maximum absolute atomic E-state index is 13.3. The van der Waals surface area contributed by atoms with Crippen LogP contribution in [0.3, 0.4) is 0 Å². The van der Waals surface area contributed by atoms with Crippen LogP contribution in [0.1, 0.15) is 47.6 Å². The standard InChI is InChI=1S/C30H30ClN5O3/c1-20(21-9-3-2-4-10-21)32-30(38)25-14-5-6-15-26(25)33-29(37)23-12-8-16-36(18-23)19-27-34-28(35-39-27)22-11-7-13-24(31)17-22/h2-7,9-11,13-15,17,20,23H,8,12,16,18-19H2,1H3,(H,32,38)(H,33,37). The average Bonchev–Trinajstić information content (AvgIpc) is 3.42. The van der Waals surface area contributed by atoms with Gasteiger partial charge in [-0.2, -0.15) is 4.98 Å². The molecule has 1 aliphatic heterocycles. The lowest BCUT2D eigenvalue weighted by molar-refractivity contribution is -0.121. The normalized spacial score (nSPS) is 16.4. The van der Waals surface area contributed by atoms with Gasteiger partial charge >= 0.3 is 0 Å². The first-order chi connectivity index (χ1) is 19.0. The molecule has 1 aliphatic rings. The quantitative estimate of drug-likeness (QED) is 0.294. The number of likely N-dealkylation sites (tertiary alicyclic amines) is 1. The van der Waals surface area contributed by atoms with Crippen LogP contribution < -0.4 is 10.6 Å². The summed E-state index contributed by atoms with van der Waals surface area (Å²) >= 11 is 6.08. The Morgan fingerprint density at radius 1 is 1.08 bits per heavy atom. The first-order valence-corrected chi connectivity index (χ1v) is 13.4. The molecule has 1 aromatic heterocycles. The zero-order valence-electron chi connectivity index (χ0n) is 21.6. The number of para-hydroxylation sites is 1. The van der Waals surface area contributed by atoms with E-state index < -0.39 is 0 Å². The molecule has 2 amide bonds. The molecule has 2 atom stereocenters. The SMILES string of the molecule is CC(NC(=O)c1ccccc1NC(=O)C1CCCN(Cc2nc(-c3cccc(Cl)c3)no2)C1)c1ccccc1. The van der Waals surface area contributed by atoms with Crippen molar-refractivity contribution in [2.24, 2.45) is 5.92 Å². The second-order valence-corrected chi connectivity index (χ2v) is 10.2. The molecule has 39 heavy (non-hydrogen) atoms. The molecule has 2 N–H and O–H groups in total. The summed E-state index contributed by atoms with van der Waals surface area (Å²) in [5, 5.41) is 10.7. The molecule has 8 nitrogen and oxygen atoms in total. The lowest BCUT2D eigenvalue weighted by atomic mass is 9.96. The number of anilines is 1. The molecule has 9 heteroatoms. The predicted octanol–water partition coefficient (Wildman–Crippen LogP) is 5.73. The molecule has 0 spiro atoms. The van der Waals surface area contributed by atoms with Gasteiger partial charge in [-0.15, -0.1) is 0 Å². The van der Waals surface area contributed by atoms with Crippen LogP contribution in [0.4, 0.5) is 5.69 Å². The molecule has 0 radical (unpaired) electrons. The van der Waals surface area contributed by atoms with Crippen molar-refractivity contribution in [3.8, 4) is 11.4 Å². The number of nitrogens with zero attached hydrogens (tertiary/aromatic N) is 3. The van der Waals surface area contributed by atoms with Crippen molar-refractivity contribution in [2.45, 2.75) is 32.4 Å². The average molecular weight is 544 g/mol. The van der Waals surface area contributed by atoms with Crippen LogP contribution in [0.2, 0.25) is 5.02 Å². The number of piperidine rings is 1. The molecule has 5 rings (SSSR count). The third-order valence-electron chi connectivity index (χ3n) is 6.86. The van der Waals surface area contributed by atoms with Crippen molar-refractivity contribution in [1.29, 1.82) is 0 Å². The van der Waals surface area contributed by atoms with Crippen molar-refractivity contribution >= 4 is 29.1 Å². The van der Waals surface area contributed by atoms with Gasteiger partial charge in [-0.25, -0.2) is 0 Å². The van der Waals surface area contributed by atoms with E-state index in [0.29, 0.717) is 41.1 Å². The van der Waals surface area contributed by atoms with Gasteiger partial charge in [0.15, 0.2) is 0 Å². The van der Waals surface area contributed by atoms with Gasteiger partial charge in [0.2, 0.25) is 17.6 Å². The van der Waals surface area contributed by atoms with E-state index in [1.807, 2.05) is 55.5 Å². The van der Waals surface area contributed by atoms with Gasteiger partial charge in [0.05, 0.1) is 29.8 Å². The minimum atomic E-state index is -0.237. The van der Waals surface area contributed by atoms with Crippen molar-refractivity contribution in [3.63, 3.8) is 0 Å². The van der Waals surface area contributed by atoms with Crippen LogP contribution in [0, 0.1) is 5.92 Å². The van der Waals surface area contributed by atoms with Crippen molar-refractivity contribution < 1.29 is 14.1 Å². The summed E-state index contributed by atoms with van der Waals surface area (Å²) in [6, 6.07) is 24.0. The number of rotatable bonds is 8. The summed E-state index contributed by atoms with van der Waals surface area (Å²) in [7, 11) is 0. The lowest BCUT2D eigenvalue weighted by Crippen LogP contribution is -2.40. The van der Waals surface area contributed by atoms with Crippen LogP contribution in [0.15, 0.2) is 83.4 Å². The molecular formula is C30H30ClN5O3. The molecule has 0 aliphatic carbocycles. The maximum Gasteiger partial charge on any atom is 0.253 e. The van der Waals surface area contributed by atoms with Crippen LogP contribution in [-0.4, -0.2) is 39.9 Å². The zero-order chi connectivity index (χ0) is 27.2. The second kappa shape index (κ2) is 12.2. The Balaban J connectivity index is 1.20. The van der Waals surface area contributed by atoms with Crippen molar-refractivity contribution in [1.82, 2.24) is 20.4 Å². The molecule has 2 heterocycles. The van der Waals surface area contributed by atoms with Gasteiger partial charge < -0.3 is 15.2 Å². The Kier molecular flexibility index (Phi) is 8.34. The Morgan fingerprint density at radius 2 is 1.87 bits per heavy atom. The summed E-state index contributed by atoms with van der Waals surface area (Å²) in [6.07, 6.45) is 1.63. The van der Waals surface area contributed by atoms with Gasteiger partial charge in [0, 0.05) is 17.1 Å². The van der Waals surface area contributed by atoms with E-state index in [0.717, 1.165) is 30.5 Å². The molecule has 0 bridgehead atoms. The monoisotopic (exact) mass is 543 g/mol. The Labute approximate surface area is 232 Å². The maximum atomic E-state index is 13.3. The first-order valence-electron chi connectivity index (χ1n) is 13.0. The highest BCUT2D eigenvalue weighted by atomic mass is 35.5. The minimum absolute atomic E-state index is 0.110. The smallest absolute Gasteiger partial charge is 0.253 e. The first kappa shape index (κ1) is 26.6. The van der Waals surface area contributed by atoms with Crippen molar-refractivity contribution in [2.75, 3.05) is 18.4 Å². The van der Waals surface area contributed by atoms with Gasteiger partial charge in [-0.05, 0) is 56.1 Å². The molecular weight excluding hydrogens is 514 g/mol. The zero-order valence-corrected chi connectivity index (χ0v) is 22.4. The summed E-state index contributed by atoms with van der Waals surface area (Å²) in [5.74, 6) is 0.393. The predicted molar refractivity (Wildman–Crippen MR) is 150 cm³/mol. The molecule has 0 saturated carbocycles.